The summed E-state index contributed by atoms with van der Waals surface area (Å²) in [6, 6.07) is 14.7. The van der Waals surface area contributed by atoms with Crippen LogP contribution in [0.15, 0.2) is 53.9 Å². The minimum Gasteiger partial charge on any atom is -0.261 e. The summed E-state index contributed by atoms with van der Waals surface area (Å²) < 4.78 is 0. The van der Waals surface area contributed by atoms with Crippen LogP contribution in [0.2, 0.25) is 0 Å². The molecule has 0 unspecified atom stereocenters. The summed E-state index contributed by atoms with van der Waals surface area (Å²) in [5.41, 5.74) is 5.63. The maximum absolute atomic E-state index is 4.46. The first-order valence-electron chi connectivity index (χ1n) is 8.91. The van der Waals surface area contributed by atoms with Crippen molar-refractivity contribution < 1.29 is 0 Å². The molecule has 0 atom stereocenters. The second kappa shape index (κ2) is 6.50. The predicted octanol–water partition coefficient (Wildman–Crippen LogP) is 5.17. The average molecular weight is 358 g/mol. The molecule has 5 rings (SSSR count). The standard InChI is InChI=1S/C21H18N4S/c1-2-6-16-11-14(9-10-15(16)5-1)12-24-25-20-19-17-7-3-4-8-18(17)26-21(19)23-13-22-20/h1-2,5-6,9-13H,3-4,7-8H2,(H,22,23,25)/b24-12-. The van der Waals surface area contributed by atoms with Crippen molar-refractivity contribution in [1.29, 1.82) is 0 Å². The number of thiophene rings is 1. The Morgan fingerprint density at radius 2 is 1.88 bits per heavy atom. The molecule has 0 saturated heterocycles. The van der Waals surface area contributed by atoms with E-state index in [-0.39, 0.29) is 0 Å². The third-order valence-corrected chi connectivity index (χ3v) is 6.11. The highest BCUT2D eigenvalue weighted by atomic mass is 32.1. The van der Waals surface area contributed by atoms with Gasteiger partial charge < -0.3 is 0 Å². The Morgan fingerprint density at radius 1 is 1.00 bits per heavy atom. The van der Waals surface area contributed by atoms with Gasteiger partial charge in [0.2, 0.25) is 0 Å². The second-order valence-corrected chi connectivity index (χ2v) is 7.67. The monoisotopic (exact) mass is 358 g/mol. The first-order valence-corrected chi connectivity index (χ1v) is 9.73. The first-order chi connectivity index (χ1) is 12.9. The maximum atomic E-state index is 4.46. The molecule has 1 aliphatic rings. The SMILES string of the molecule is C(=N/Nc1ncnc2sc3c(c12)CCCC3)/c1ccc2ccccc2c1. The molecular formula is C21H18N4S. The fourth-order valence-electron chi connectivity index (χ4n) is 3.63. The molecular weight excluding hydrogens is 340 g/mol. The van der Waals surface area contributed by atoms with Crippen LogP contribution >= 0.6 is 11.3 Å². The molecule has 0 saturated carbocycles. The number of hydrogen-bond donors (Lipinski definition) is 1. The lowest BCUT2D eigenvalue weighted by Crippen LogP contribution is -2.00. The topological polar surface area (TPSA) is 50.2 Å². The largest absolute Gasteiger partial charge is 0.261 e. The summed E-state index contributed by atoms with van der Waals surface area (Å²) in [5.74, 6) is 0.812. The number of aryl methyl sites for hydroxylation is 2. The number of nitrogens with one attached hydrogen (secondary N) is 1. The summed E-state index contributed by atoms with van der Waals surface area (Å²) in [5, 5.41) is 8.04. The highest BCUT2D eigenvalue weighted by molar-refractivity contribution is 7.19. The lowest BCUT2D eigenvalue weighted by atomic mass is 9.97. The Morgan fingerprint density at radius 3 is 2.85 bits per heavy atom. The summed E-state index contributed by atoms with van der Waals surface area (Å²) in [4.78, 5) is 11.4. The Bertz CT molecular complexity index is 1130. The number of nitrogens with zero attached hydrogens (tertiary/aromatic N) is 3. The molecule has 5 heteroatoms. The average Bonchev–Trinajstić information content (AvgIpc) is 3.07. The number of benzene rings is 2. The number of rotatable bonds is 3. The van der Waals surface area contributed by atoms with Crippen molar-refractivity contribution in [2.24, 2.45) is 5.10 Å². The molecule has 0 radical (unpaired) electrons. The molecule has 1 aliphatic carbocycles. The van der Waals surface area contributed by atoms with E-state index in [4.69, 9.17) is 0 Å². The van der Waals surface area contributed by atoms with Gasteiger partial charge in [0.25, 0.3) is 0 Å². The van der Waals surface area contributed by atoms with Gasteiger partial charge in [0.05, 0.1) is 11.6 Å². The van der Waals surface area contributed by atoms with E-state index >= 15 is 0 Å². The summed E-state index contributed by atoms with van der Waals surface area (Å²) >= 11 is 1.80. The van der Waals surface area contributed by atoms with Gasteiger partial charge in [-0.2, -0.15) is 5.10 Å². The van der Waals surface area contributed by atoms with Crippen LogP contribution in [0.5, 0.6) is 0 Å². The zero-order valence-corrected chi connectivity index (χ0v) is 15.1. The van der Waals surface area contributed by atoms with Crippen molar-refractivity contribution in [2.75, 3.05) is 5.43 Å². The summed E-state index contributed by atoms with van der Waals surface area (Å²) in [6.45, 7) is 0. The van der Waals surface area contributed by atoms with Gasteiger partial charge in [-0.3, -0.25) is 5.43 Å². The van der Waals surface area contributed by atoms with Crippen LogP contribution in [0.25, 0.3) is 21.0 Å². The van der Waals surface area contributed by atoms with Crippen LogP contribution in [-0.2, 0) is 12.8 Å². The van der Waals surface area contributed by atoms with E-state index in [2.05, 4.69) is 63.0 Å². The quantitative estimate of drug-likeness (QED) is 0.406. The smallest absolute Gasteiger partial charge is 0.158 e. The normalized spacial score (nSPS) is 14.2. The van der Waals surface area contributed by atoms with Gasteiger partial charge >= 0.3 is 0 Å². The highest BCUT2D eigenvalue weighted by Gasteiger charge is 2.19. The molecule has 4 aromatic rings. The van der Waals surface area contributed by atoms with Crippen LogP contribution in [-0.4, -0.2) is 16.2 Å². The molecule has 1 N–H and O–H groups in total. The van der Waals surface area contributed by atoms with E-state index in [9.17, 15) is 0 Å². The van der Waals surface area contributed by atoms with Gasteiger partial charge in [-0.15, -0.1) is 11.3 Å². The Hall–Kier alpha value is -2.79. The maximum Gasteiger partial charge on any atom is 0.158 e. The van der Waals surface area contributed by atoms with Gasteiger partial charge in [-0.05, 0) is 53.6 Å². The number of aromatic nitrogens is 2. The molecule has 0 amide bonds. The van der Waals surface area contributed by atoms with Crippen molar-refractivity contribution in [2.45, 2.75) is 25.7 Å². The molecule has 2 heterocycles. The molecule has 26 heavy (non-hydrogen) atoms. The van der Waals surface area contributed by atoms with Crippen molar-refractivity contribution in [1.82, 2.24) is 9.97 Å². The fraction of sp³-hybridized carbons (Fsp3) is 0.190. The Balaban J connectivity index is 1.45. The Kier molecular flexibility index (Phi) is 3.87. The van der Waals surface area contributed by atoms with E-state index in [0.717, 1.165) is 34.4 Å². The molecule has 0 aliphatic heterocycles. The zero-order chi connectivity index (χ0) is 17.3. The number of anilines is 1. The first kappa shape index (κ1) is 15.5. The molecule has 2 aromatic heterocycles. The number of fused-ring (bicyclic) bond motifs is 4. The number of hydrogen-bond acceptors (Lipinski definition) is 5. The van der Waals surface area contributed by atoms with Crippen molar-refractivity contribution in [3.8, 4) is 0 Å². The third kappa shape index (κ3) is 2.74. The van der Waals surface area contributed by atoms with Gasteiger partial charge in [0, 0.05) is 4.88 Å². The summed E-state index contributed by atoms with van der Waals surface area (Å²) in [6.07, 6.45) is 8.27. The lowest BCUT2D eigenvalue weighted by Gasteiger charge is -2.11. The summed E-state index contributed by atoms with van der Waals surface area (Å²) in [7, 11) is 0. The molecule has 0 bridgehead atoms. The second-order valence-electron chi connectivity index (χ2n) is 6.59. The number of hydrazone groups is 1. The zero-order valence-electron chi connectivity index (χ0n) is 14.3. The van der Waals surface area contributed by atoms with Crippen molar-refractivity contribution in [3.05, 3.63) is 64.8 Å². The van der Waals surface area contributed by atoms with Crippen LogP contribution in [0.1, 0.15) is 28.8 Å². The third-order valence-electron chi connectivity index (χ3n) is 4.91. The molecule has 0 fully saturated rings. The van der Waals surface area contributed by atoms with Crippen LogP contribution in [0, 0.1) is 0 Å². The minimum absolute atomic E-state index is 0.812. The minimum atomic E-state index is 0.812. The highest BCUT2D eigenvalue weighted by Crippen LogP contribution is 2.38. The molecule has 0 spiro atoms. The molecule has 2 aromatic carbocycles. The molecule has 128 valence electrons. The van der Waals surface area contributed by atoms with Crippen LogP contribution < -0.4 is 5.43 Å². The van der Waals surface area contributed by atoms with E-state index in [1.165, 1.54) is 34.1 Å². The van der Waals surface area contributed by atoms with Crippen LogP contribution in [0.3, 0.4) is 0 Å². The molecule has 4 nitrogen and oxygen atoms in total. The predicted molar refractivity (Wildman–Crippen MR) is 109 cm³/mol. The van der Waals surface area contributed by atoms with E-state index in [0.29, 0.717) is 0 Å². The van der Waals surface area contributed by atoms with Gasteiger partial charge in [-0.1, -0.05) is 36.4 Å². The Labute approximate surface area is 155 Å². The van der Waals surface area contributed by atoms with Crippen molar-refractivity contribution in [3.63, 3.8) is 0 Å². The van der Waals surface area contributed by atoms with E-state index in [1.54, 1.807) is 17.7 Å². The van der Waals surface area contributed by atoms with Crippen molar-refractivity contribution >= 4 is 44.4 Å². The lowest BCUT2D eigenvalue weighted by molar-refractivity contribution is 0.700. The van der Waals surface area contributed by atoms with Crippen LogP contribution in [0.4, 0.5) is 5.82 Å². The van der Waals surface area contributed by atoms with E-state index < -0.39 is 0 Å². The van der Waals surface area contributed by atoms with Gasteiger partial charge in [0.1, 0.15) is 11.2 Å². The van der Waals surface area contributed by atoms with Gasteiger partial charge in [0.15, 0.2) is 5.82 Å². The fourth-order valence-corrected chi connectivity index (χ4v) is 4.86. The van der Waals surface area contributed by atoms with Gasteiger partial charge in [-0.25, -0.2) is 9.97 Å². The van der Waals surface area contributed by atoms with E-state index in [1.807, 2.05) is 6.21 Å².